The van der Waals surface area contributed by atoms with Crippen LogP contribution in [-0.4, -0.2) is 17.6 Å². The minimum absolute atomic E-state index is 0.0300. The minimum atomic E-state index is -0.180. The van der Waals surface area contributed by atoms with E-state index in [4.69, 9.17) is 4.74 Å². The van der Waals surface area contributed by atoms with Crippen LogP contribution in [-0.2, 0) is 11.3 Å². The Kier molecular flexibility index (Phi) is 4.57. The van der Waals surface area contributed by atoms with E-state index < -0.39 is 0 Å². The van der Waals surface area contributed by atoms with Crippen molar-refractivity contribution in [2.24, 2.45) is 0 Å². The van der Waals surface area contributed by atoms with Crippen LogP contribution in [0.2, 0.25) is 0 Å². The predicted octanol–water partition coefficient (Wildman–Crippen LogP) is 3.27. The minimum Gasteiger partial charge on any atom is -0.495 e. The zero-order valence-corrected chi connectivity index (χ0v) is 14.5. The third-order valence-corrected chi connectivity index (χ3v) is 4.22. The zero-order chi connectivity index (χ0) is 18.0. The second-order valence-electron chi connectivity index (χ2n) is 5.96. The standard InChI is InChI=1S/C20H20N2O3/c1-13-7-6-8-15-17(23)11-14(2)22(20(13)15)12-19(24)21-16-9-4-5-10-18(16)25-3/h4-11H,12H2,1-3H3,(H,21,24). The highest BCUT2D eigenvalue weighted by atomic mass is 16.5. The Morgan fingerprint density at radius 1 is 1.12 bits per heavy atom. The first kappa shape index (κ1) is 16.8. The predicted molar refractivity (Wildman–Crippen MR) is 99.3 cm³/mol. The number of methoxy groups -OCH3 is 1. The molecule has 0 saturated heterocycles. The average molecular weight is 336 g/mol. The van der Waals surface area contributed by atoms with Crippen molar-refractivity contribution in [3.8, 4) is 5.75 Å². The molecule has 0 radical (unpaired) electrons. The van der Waals surface area contributed by atoms with E-state index in [2.05, 4.69) is 5.32 Å². The molecule has 5 nitrogen and oxygen atoms in total. The molecule has 2 aromatic carbocycles. The van der Waals surface area contributed by atoms with E-state index in [1.54, 1.807) is 31.4 Å². The molecule has 0 bridgehead atoms. The molecule has 25 heavy (non-hydrogen) atoms. The van der Waals surface area contributed by atoms with E-state index in [9.17, 15) is 9.59 Å². The second-order valence-corrected chi connectivity index (χ2v) is 5.96. The van der Waals surface area contributed by atoms with Crippen LogP contribution >= 0.6 is 0 Å². The summed E-state index contributed by atoms with van der Waals surface area (Å²) in [4.78, 5) is 24.8. The number of nitrogens with one attached hydrogen (secondary N) is 1. The normalized spacial score (nSPS) is 10.7. The molecule has 0 aliphatic rings. The van der Waals surface area contributed by atoms with Crippen LogP contribution in [0.5, 0.6) is 5.75 Å². The van der Waals surface area contributed by atoms with Crippen LogP contribution in [0.4, 0.5) is 5.69 Å². The van der Waals surface area contributed by atoms with Crippen molar-refractivity contribution in [3.05, 3.63) is 70.0 Å². The van der Waals surface area contributed by atoms with Gasteiger partial charge in [0, 0.05) is 17.1 Å². The largest absolute Gasteiger partial charge is 0.495 e. The molecule has 3 rings (SSSR count). The third-order valence-electron chi connectivity index (χ3n) is 4.22. The van der Waals surface area contributed by atoms with Gasteiger partial charge >= 0.3 is 0 Å². The van der Waals surface area contributed by atoms with Crippen molar-refractivity contribution in [2.75, 3.05) is 12.4 Å². The molecule has 1 aromatic heterocycles. The number of hydrogen-bond acceptors (Lipinski definition) is 3. The molecule has 0 aliphatic carbocycles. The van der Waals surface area contributed by atoms with E-state index in [-0.39, 0.29) is 17.9 Å². The molecular weight excluding hydrogens is 316 g/mol. The van der Waals surface area contributed by atoms with Crippen LogP contribution in [0.15, 0.2) is 53.3 Å². The average Bonchev–Trinajstić information content (AvgIpc) is 2.59. The number of carbonyl (C=O) groups is 1. The maximum absolute atomic E-state index is 12.6. The van der Waals surface area contributed by atoms with Crippen molar-refractivity contribution in [1.82, 2.24) is 4.57 Å². The van der Waals surface area contributed by atoms with Crippen molar-refractivity contribution in [3.63, 3.8) is 0 Å². The summed E-state index contributed by atoms with van der Waals surface area (Å²) in [7, 11) is 1.56. The summed E-state index contributed by atoms with van der Waals surface area (Å²) in [5.74, 6) is 0.425. The Morgan fingerprint density at radius 2 is 1.88 bits per heavy atom. The topological polar surface area (TPSA) is 60.3 Å². The van der Waals surface area contributed by atoms with E-state index in [1.807, 2.05) is 42.7 Å². The summed E-state index contributed by atoms with van der Waals surface area (Å²) >= 11 is 0. The van der Waals surface area contributed by atoms with Crippen molar-refractivity contribution < 1.29 is 9.53 Å². The van der Waals surface area contributed by atoms with Crippen LogP contribution in [0.3, 0.4) is 0 Å². The van der Waals surface area contributed by atoms with Gasteiger partial charge in [0.15, 0.2) is 5.43 Å². The molecule has 5 heteroatoms. The SMILES string of the molecule is COc1ccccc1NC(=O)Cn1c(C)cc(=O)c2cccc(C)c21. The lowest BCUT2D eigenvalue weighted by atomic mass is 10.1. The highest BCUT2D eigenvalue weighted by Crippen LogP contribution is 2.23. The van der Waals surface area contributed by atoms with Crippen LogP contribution in [0.1, 0.15) is 11.3 Å². The summed E-state index contributed by atoms with van der Waals surface area (Å²) in [5, 5.41) is 3.49. The number of carbonyl (C=O) groups excluding carboxylic acids is 1. The van der Waals surface area contributed by atoms with Gasteiger partial charge in [0.2, 0.25) is 5.91 Å². The Balaban J connectivity index is 1.98. The number of hydrogen-bond donors (Lipinski definition) is 1. The van der Waals surface area contributed by atoms with Crippen LogP contribution < -0.4 is 15.5 Å². The first-order valence-electron chi connectivity index (χ1n) is 8.04. The highest BCUT2D eigenvalue weighted by Gasteiger charge is 2.13. The molecule has 1 amide bonds. The smallest absolute Gasteiger partial charge is 0.244 e. The fraction of sp³-hybridized carbons (Fsp3) is 0.200. The van der Waals surface area contributed by atoms with Crippen LogP contribution in [0, 0.1) is 13.8 Å². The third kappa shape index (κ3) is 3.26. The van der Waals surface area contributed by atoms with Gasteiger partial charge in [-0.05, 0) is 37.6 Å². The number of ether oxygens (including phenoxy) is 1. The lowest BCUT2D eigenvalue weighted by Gasteiger charge is -2.17. The number of anilines is 1. The van der Waals surface area contributed by atoms with Gasteiger partial charge in [-0.1, -0.05) is 24.3 Å². The summed E-state index contributed by atoms with van der Waals surface area (Å²) in [6.07, 6.45) is 0. The van der Waals surface area contributed by atoms with Crippen LogP contribution in [0.25, 0.3) is 10.9 Å². The number of pyridine rings is 1. The van der Waals surface area contributed by atoms with Gasteiger partial charge in [0.1, 0.15) is 12.3 Å². The number of benzene rings is 2. The Hall–Kier alpha value is -3.08. The number of nitrogens with zero attached hydrogens (tertiary/aromatic N) is 1. The maximum Gasteiger partial charge on any atom is 0.244 e. The van der Waals surface area contributed by atoms with E-state index in [0.717, 1.165) is 16.8 Å². The number of rotatable bonds is 4. The summed E-state index contributed by atoms with van der Waals surface area (Å²) < 4.78 is 7.13. The van der Waals surface area contributed by atoms with Gasteiger partial charge in [-0.25, -0.2) is 0 Å². The van der Waals surface area contributed by atoms with Gasteiger partial charge in [-0.2, -0.15) is 0 Å². The molecule has 128 valence electrons. The lowest BCUT2D eigenvalue weighted by Crippen LogP contribution is -2.23. The molecule has 1 heterocycles. The Morgan fingerprint density at radius 3 is 2.64 bits per heavy atom. The van der Waals surface area contributed by atoms with Crippen molar-refractivity contribution in [2.45, 2.75) is 20.4 Å². The quantitative estimate of drug-likeness (QED) is 0.795. The number of para-hydroxylation sites is 3. The molecule has 3 aromatic rings. The molecule has 0 aliphatic heterocycles. The number of amides is 1. The van der Waals surface area contributed by atoms with Crippen molar-refractivity contribution >= 4 is 22.5 Å². The number of aromatic nitrogens is 1. The molecule has 0 unspecified atom stereocenters. The number of aryl methyl sites for hydroxylation is 2. The molecule has 1 N–H and O–H groups in total. The summed E-state index contributed by atoms with van der Waals surface area (Å²) in [5.41, 5.74) is 3.10. The Labute approximate surface area is 145 Å². The molecule has 0 atom stereocenters. The fourth-order valence-corrected chi connectivity index (χ4v) is 3.02. The van der Waals surface area contributed by atoms with E-state index in [0.29, 0.717) is 16.8 Å². The summed E-state index contributed by atoms with van der Waals surface area (Å²) in [6.45, 7) is 3.89. The van der Waals surface area contributed by atoms with Gasteiger partial charge in [0.05, 0.1) is 18.3 Å². The molecule has 0 fully saturated rings. The van der Waals surface area contributed by atoms with Crippen molar-refractivity contribution in [1.29, 1.82) is 0 Å². The van der Waals surface area contributed by atoms with Gasteiger partial charge < -0.3 is 14.6 Å². The summed E-state index contributed by atoms with van der Waals surface area (Å²) in [6, 6.07) is 14.4. The van der Waals surface area contributed by atoms with E-state index in [1.165, 1.54) is 0 Å². The second kappa shape index (κ2) is 6.81. The van der Waals surface area contributed by atoms with E-state index >= 15 is 0 Å². The zero-order valence-electron chi connectivity index (χ0n) is 14.5. The van der Waals surface area contributed by atoms with Gasteiger partial charge in [-0.3, -0.25) is 9.59 Å². The monoisotopic (exact) mass is 336 g/mol. The first-order chi connectivity index (χ1) is 12.0. The molecular formula is C20H20N2O3. The Bertz CT molecular complexity index is 1010. The maximum atomic E-state index is 12.6. The van der Waals surface area contributed by atoms with Gasteiger partial charge in [0.25, 0.3) is 0 Å². The molecule has 0 spiro atoms. The highest BCUT2D eigenvalue weighted by molar-refractivity contribution is 5.93. The molecule has 0 saturated carbocycles. The first-order valence-corrected chi connectivity index (χ1v) is 8.04. The van der Waals surface area contributed by atoms with Gasteiger partial charge in [-0.15, -0.1) is 0 Å². The lowest BCUT2D eigenvalue weighted by molar-refractivity contribution is -0.116. The number of fused-ring (bicyclic) bond motifs is 1. The fourth-order valence-electron chi connectivity index (χ4n) is 3.02.